The van der Waals surface area contributed by atoms with Crippen LogP contribution in [0.15, 0.2) is 70.1 Å². The number of H-pyrrole nitrogens is 3. The summed E-state index contributed by atoms with van der Waals surface area (Å²) in [5.41, 5.74) is 1.13. The average molecular weight is 937 g/mol. The molecule has 0 aliphatic carbocycles. The van der Waals surface area contributed by atoms with E-state index in [2.05, 4.69) is 131 Å². The highest BCUT2D eigenvalue weighted by Gasteiger charge is 2.11. The highest BCUT2D eigenvalue weighted by Crippen LogP contribution is 2.20. The van der Waals surface area contributed by atoms with Crippen molar-refractivity contribution in [1.29, 1.82) is 0 Å². The van der Waals surface area contributed by atoms with E-state index in [1.807, 2.05) is 32.0 Å². The zero-order valence-electron chi connectivity index (χ0n) is 28.8. The van der Waals surface area contributed by atoms with Gasteiger partial charge in [-0.3, -0.25) is 0 Å². The molecule has 0 aliphatic heterocycles. The number of aryl methyl sites for hydroxylation is 2. The van der Waals surface area contributed by atoms with Crippen LogP contribution in [0.5, 0.6) is 5.75 Å². The van der Waals surface area contributed by atoms with Gasteiger partial charge < -0.3 is 40.1 Å². The summed E-state index contributed by atoms with van der Waals surface area (Å²) < 4.78 is 7.41. The molecule has 3 aromatic heterocycles. The molecule has 0 radical (unpaired) electrons. The average Bonchev–Trinajstić information content (AvgIpc) is 3.15. The van der Waals surface area contributed by atoms with Gasteiger partial charge in [-0.05, 0) is 68.1 Å². The van der Waals surface area contributed by atoms with E-state index in [4.69, 9.17) is 61.8 Å². The Bertz CT molecular complexity index is 1590. The van der Waals surface area contributed by atoms with Gasteiger partial charge in [0.25, 0.3) is 0 Å². The minimum Gasteiger partial charge on any atom is -0.493 e. The number of thiol groups is 8. The minimum absolute atomic E-state index is 0.279. The Morgan fingerprint density at radius 1 is 0.736 bits per heavy atom. The van der Waals surface area contributed by atoms with Gasteiger partial charge in [0.2, 0.25) is 0 Å². The molecule has 4 rings (SSSR count). The second-order valence-electron chi connectivity index (χ2n) is 9.93. The van der Waals surface area contributed by atoms with E-state index in [0.29, 0.717) is 18.9 Å². The molecule has 0 bridgehead atoms. The molecule has 0 saturated heterocycles. The summed E-state index contributed by atoms with van der Waals surface area (Å²) in [6.45, 7) is 4.60. The molecular formula is C31H48N6O5S11. The molecule has 4 atom stereocenters. The van der Waals surface area contributed by atoms with Gasteiger partial charge >= 0.3 is 0 Å². The van der Waals surface area contributed by atoms with Crippen molar-refractivity contribution in [2.45, 2.75) is 59.4 Å². The van der Waals surface area contributed by atoms with E-state index in [1.54, 1.807) is 30.9 Å². The second kappa shape index (κ2) is 34.8. The number of aliphatic hydroxyl groups is 4. The summed E-state index contributed by atoms with van der Waals surface area (Å²) in [7, 11) is 0. The number of hydrogen-bond acceptors (Lipinski definition) is 19. The predicted molar refractivity (Wildman–Crippen MR) is 249 cm³/mol. The summed E-state index contributed by atoms with van der Waals surface area (Å²) in [5.74, 6) is 3.71. The minimum atomic E-state index is -0.740. The lowest BCUT2D eigenvalue weighted by Crippen LogP contribution is -2.28. The second-order valence-corrected chi connectivity index (χ2v) is 14.6. The quantitative estimate of drug-likeness (QED) is 0.0480. The first kappa shape index (κ1) is 54.7. The Labute approximate surface area is 370 Å². The Morgan fingerprint density at radius 3 is 1.60 bits per heavy atom. The Balaban J connectivity index is 0. The fourth-order valence-electron chi connectivity index (χ4n) is 2.63. The van der Waals surface area contributed by atoms with Crippen LogP contribution in [-0.2, 0) is 0 Å². The van der Waals surface area contributed by atoms with E-state index in [1.165, 1.54) is 6.33 Å². The third-order valence-electron chi connectivity index (χ3n) is 5.51. The summed E-state index contributed by atoms with van der Waals surface area (Å²) in [5, 5.41) is 35.0. The zero-order valence-corrected chi connectivity index (χ0v) is 38.4. The fourth-order valence-corrected chi connectivity index (χ4v) is 4.77. The Morgan fingerprint density at radius 2 is 1.26 bits per heavy atom. The van der Waals surface area contributed by atoms with Crippen molar-refractivity contribution in [1.82, 2.24) is 29.9 Å². The topological polar surface area (TPSA) is 176 Å². The summed E-state index contributed by atoms with van der Waals surface area (Å²) >= 11 is 45.7. The highest BCUT2D eigenvalue weighted by molar-refractivity contribution is 7.81. The van der Waals surface area contributed by atoms with Gasteiger partial charge in [-0.15, -0.1) is 37.9 Å². The van der Waals surface area contributed by atoms with E-state index in [9.17, 15) is 0 Å². The van der Waals surface area contributed by atoms with Crippen LogP contribution < -0.4 is 4.74 Å². The van der Waals surface area contributed by atoms with Crippen molar-refractivity contribution < 1.29 is 25.2 Å². The number of rotatable bonds is 10. The van der Waals surface area contributed by atoms with Crippen molar-refractivity contribution in [3.05, 3.63) is 80.8 Å². The van der Waals surface area contributed by atoms with E-state index < -0.39 is 24.4 Å². The monoisotopic (exact) mass is 936 g/mol. The molecule has 1 aromatic carbocycles. The van der Waals surface area contributed by atoms with Gasteiger partial charge in [0.15, 0.2) is 4.77 Å². The number of hydrogen-bond donors (Lipinski definition) is 15. The Kier molecular flexibility index (Phi) is 35.9. The molecule has 4 aromatic rings. The first-order chi connectivity index (χ1) is 25.1. The van der Waals surface area contributed by atoms with Gasteiger partial charge in [0, 0.05) is 57.6 Å². The normalized spacial score (nSPS) is 12.0. The highest BCUT2D eigenvalue weighted by atomic mass is 32.1. The van der Waals surface area contributed by atoms with Crippen LogP contribution in [0, 0.1) is 27.9 Å². The number of ether oxygens (including phenoxy) is 1. The van der Waals surface area contributed by atoms with Gasteiger partial charge in [-0.2, -0.15) is 63.1 Å². The first-order valence-corrected chi connectivity index (χ1v) is 21.0. The van der Waals surface area contributed by atoms with Crippen molar-refractivity contribution in [2.24, 2.45) is 0 Å². The van der Waals surface area contributed by atoms with Crippen LogP contribution in [0.1, 0.15) is 17.8 Å². The molecular weight excluding hydrogens is 889 g/mol. The number of aromatic nitrogens is 6. The molecule has 7 N–H and O–H groups in total. The van der Waals surface area contributed by atoms with Crippen molar-refractivity contribution >= 4 is 138 Å². The largest absolute Gasteiger partial charge is 0.493 e. The molecule has 0 spiro atoms. The van der Waals surface area contributed by atoms with Crippen molar-refractivity contribution in [2.75, 3.05) is 35.4 Å². The molecule has 3 heterocycles. The van der Waals surface area contributed by atoms with Crippen molar-refractivity contribution in [3.63, 3.8) is 0 Å². The fraction of sp³-hybridized carbons (Fsp3) is 0.419. The van der Waals surface area contributed by atoms with Crippen LogP contribution in [0.3, 0.4) is 0 Å². The molecule has 4 unspecified atom stereocenters. The number of aliphatic hydroxyl groups excluding tert-OH is 4. The van der Waals surface area contributed by atoms with Gasteiger partial charge in [0.05, 0.1) is 42.2 Å². The molecule has 53 heavy (non-hydrogen) atoms. The van der Waals surface area contributed by atoms with Crippen molar-refractivity contribution in [3.8, 4) is 5.75 Å². The third-order valence-corrected chi connectivity index (χ3v) is 9.12. The molecule has 0 aliphatic rings. The molecule has 298 valence electrons. The molecule has 22 heteroatoms. The molecule has 0 fully saturated rings. The number of nitrogens with one attached hydrogen (secondary N) is 3. The first-order valence-electron chi connectivity index (χ1n) is 15.2. The molecule has 11 nitrogen and oxygen atoms in total. The summed E-state index contributed by atoms with van der Waals surface area (Å²) in [6.07, 6.45) is 6.20. The van der Waals surface area contributed by atoms with Crippen LogP contribution in [0.2, 0.25) is 0 Å². The van der Waals surface area contributed by atoms with Crippen LogP contribution >= 0.6 is 138 Å². The third kappa shape index (κ3) is 30.4. The van der Waals surface area contributed by atoms with Gasteiger partial charge in [-0.25, -0.2) is 15.0 Å². The maximum atomic E-state index is 8.75. The maximum Gasteiger partial charge on any atom is 0.175 e. The van der Waals surface area contributed by atoms with E-state index in [-0.39, 0.29) is 23.0 Å². The molecule has 0 saturated carbocycles. The lowest BCUT2D eigenvalue weighted by Gasteiger charge is -2.11. The van der Waals surface area contributed by atoms with Crippen LogP contribution in [0.4, 0.5) is 0 Å². The number of nitrogens with zero attached hydrogens (tertiary/aromatic N) is 3. The Hall–Kier alpha value is -0.440. The van der Waals surface area contributed by atoms with Gasteiger partial charge in [-0.1, -0.05) is 24.4 Å². The molecule has 0 amide bonds. The lowest BCUT2D eigenvalue weighted by atomic mass is 10.2. The number of aromatic amines is 3. The SMILES string of the molecule is Cc1cc(S)ccc1OCCCS.Cc1ncc(S)cn1.OC(CS)C(O)CS.OC(CS)C(O)CS.S=c1[nH]cncc1S.S=c1cc[nH]c(=S)[nH]1. The van der Waals surface area contributed by atoms with Gasteiger partial charge in [0.1, 0.15) is 20.9 Å². The predicted octanol–water partition coefficient (Wildman–Crippen LogP) is 6.42. The number of benzene rings is 1. The smallest absolute Gasteiger partial charge is 0.175 e. The zero-order chi connectivity index (χ0) is 40.8. The lowest BCUT2D eigenvalue weighted by molar-refractivity contribution is 0.0504. The van der Waals surface area contributed by atoms with E-state index >= 15 is 0 Å². The standard InChI is InChI=1S/C10H14OS2.C5H6N2S.2C4H4N2S2.2C4H10O2S2/c1-8-7-9(13)3-4-10(8)11-5-2-6-12;1-4-6-2-5(8)3-7-4;7-3-1-5-2-6-4(3)8;7-3-1-2-5-4(8)6-3;2*5-3(1-7)4(6)2-8/h3-4,7,12-13H,2,5-6H2,1H3;2-3,8H,1H3;1-2,7H,(H,5,6,8);1-2H,(H2,5,6,7,8);2*3-8H,1-2H2. The van der Waals surface area contributed by atoms with Crippen LogP contribution in [0.25, 0.3) is 0 Å². The van der Waals surface area contributed by atoms with Crippen LogP contribution in [-0.4, -0.2) is 110 Å². The maximum absolute atomic E-state index is 8.75. The van der Waals surface area contributed by atoms with E-state index in [0.717, 1.165) is 45.7 Å². The summed E-state index contributed by atoms with van der Waals surface area (Å²) in [6, 6.07) is 7.63. The summed E-state index contributed by atoms with van der Waals surface area (Å²) in [4.78, 5) is 22.2.